The third-order valence-electron chi connectivity index (χ3n) is 3.77. The second-order valence-corrected chi connectivity index (χ2v) is 6.40. The topological polar surface area (TPSA) is 79.5 Å². The quantitative estimate of drug-likeness (QED) is 0.640. The largest absolute Gasteiger partial charge is 0.390 e. The molecule has 0 saturated carbocycles. The van der Waals surface area contributed by atoms with Crippen LogP contribution in [0.4, 0.5) is 5.69 Å². The SMILES string of the molecule is CNc1ccc(C(=O)Cc2c(Cl)cncc2Cl)n2c(Cl)c(CO)nc12. The molecule has 25 heavy (non-hydrogen) atoms. The standard InChI is InChI=1S/C16H13Cl3N4O2/c1-20-11-2-3-13(23-15(19)12(7-24)22-16(11)23)14(25)4-8-9(17)5-21-6-10(8)18/h2-3,5-6,20,24H,4,7H2,1H3. The van der Waals surface area contributed by atoms with E-state index in [4.69, 9.17) is 34.8 Å². The summed E-state index contributed by atoms with van der Waals surface area (Å²) < 4.78 is 1.50. The highest BCUT2D eigenvalue weighted by Crippen LogP contribution is 2.28. The second kappa shape index (κ2) is 7.17. The Morgan fingerprint density at radius 3 is 2.52 bits per heavy atom. The van der Waals surface area contributed by atoms with Crippen molar-refractivity contribution in [1.29, 1.82) is 0 Å². The Hall–Kier alpha value is -1.86. The van der Waals surface area contributed by atoms with Crippen LogP contribution in [0, 0.1) is 0 Å². The van der Waals surface area contributed by atoms with Gasteiger partial charge in [0.2, 0.25) is 0 Å². The Labute approximate surface area is 158 Å². The minimum atomic E-state index is -0.334. The molecule has 0 aliphatic carbocycles. The van der Waals surface area contributed by atoms with Gasteiger partial charge in [0, 0.05) is 31.4 Å². The first kappa shape index (κ1) is 17.9. The van der Waals surface area contributed by atoms with Gasteiger partial charge < -0.3 is 10.4 Å². The molecular weight excluding hydrogens is 387 g/mol. The van der Waals surface area contributed by atoms with E-state index >= 15 is 0 Å². The number of rotatable bonds is 5. The molecule has 0 amide bonds. The molecule has 2 N–H and O–H groups in total. The van der Waals surface area contributed by atoms with E-state index in [9.17, 15) is 9.90 Å². The van der Waals surface area contributed by atoms with Gasteiger partial charge in [-0.3, -0.25) is 14.2 Å². The molecule has 0 spiro atoms. The maximum Gasteiger partial charge on any atom is 0.184 e. The third-order valence-corrected chi connectivity index (χ3v) is 4.81. The minimum absolute atomic E-state index is 0.0167. The Kier molecular flexibility index (Phi) is 5.15. The van der Waals surface area contributed by atoms with Crippen molar-refractivity contribution in [3.05, 3.63) is 56.7 Å². The van der Waals surface area contributed by atoms with E-state index in [0.717, 1.165) is 0 Å². The van der Waals surface area contributed by atoms with E-state index in [1.54, 1.807) is 19.2 Å². The van der Waals surface area contributed by atoms with Gasteiger partial charge in [0.25, 0.3) is 0 Å². The van der Waals surface area contributed by atoms with Crippen molar-refractivity contribution in [2.75, 3.05) is 12.4 Å². The number of Topliss-reactive ketones (excluding diaryl/α,β-unsaturated/α-hetero) is 1. The highest BCUT2D eigenvalue weighted by molar-refractivity contribution is 6.36. The third kappa shape index (κ3) is 3.18. The lowest BCUT2D eigenvalue weighted by Gasteiger charge is -2.10. The summed E-state index contributed by atoms with van der Waals surface area (Å²) in [4.78, 5) is 21.0. The zero-order chi connectivity index (χ0) is 18.1. The van der Waals surface area contributed by atoms with Gasteiger partial charge in [-0.15, -0.1) is 0 Å². The van der Waals surface area contributed by atoms with E-state index < -0.39 is 0 Å². The van der Waals surface area contributed by atoms with Crippen LogP contribution in [0.25, 0.3) is 5.65 Å². The molecule has 3 aromatic heterocycles. The average Bonchev–Trinajstić information content (AvgIpc) is 2.94. The van der Waals surface area contributed by atoms with Crippen LogP contribution in [0.5, 0.6) is 0 Å². The second-order valence-electron chi connectivity index (χ2n) is 5.23. The lowest BCUT2D eigenvalue weighted by molar-refractivity contribution is 0.0987. The number of carbonyl (C=O) groups excluding carboxylic acids is 1. The molecule has 0 bridgehead atoms. The molecule has 0 fully saturated rings. The number of aromatic nitrogens is 3. The number of hydrogen-bond acceptors (Lipinski definition) is 5. The first-order chi connectivity index (χ1) is 12.0. The van der Waals surface area contributed by atoms with E-state index in [1.165, 1.54) is 16.8 Å². The molecule has 0 saturated heterocycles. The Morgan fingerprint density at radius 2 is 1.92 bits per heavy atom. The molecule has 3 heterocycles. The maximum absolute atomic E-state index is 12.9. The van der Waals surface area contributed by atoms with E-state index in [-0.39, 0.29) is 24.0 Å². The van der Waals surface area contributed by atoms with Crippen LogP contribution in [0.1, 0.15) is 21.7 Å². The van der Waals surface area contributed by atoms with Gasteiger partial charge in [-0.1, -0.05) is 34.8 Å². The number of nitrogens with zero attached hydrogens (tertiary/aromatic N) is 3. The fourth-order valence-corrected chi connectivity index (χ4v) is 3.30. The molecule has 130 valence electrons. The number of imidazole rings is 1. The highest BCUT2D eigenvalue weighted by atomic mass is 35.5. The number of aliphatic hydroxyl groups excluding tert-OH is 1. The minimum Gasteiger partial charge on any atom is -0.390 e. The summed E-state index contributed by atoms with van der Waals surface area (Å²) in [5.41, 5.74) is 2.23. The number of ketones is 1. The Morgan fingerprint density at radius 1 is 1.24 bits per heavy atom. The molecule has 0 unspecified atom stereocenters. The molecule has 0 aromatic carbocycles. The first-order valence-corrected chi connectivity index (χ1v) is 8.40. The molecule has 9 heteroatoms. The number of aliphatic hydroxyl groups is 1. The molecule has 3 rings (SSSR count). The van der Waals surface area contributed by atoms with Gasteiger partial charge in [-0.05, 0) is 12.1 Å². The fourth-order valence-electron chi connectivity index (χ4n) is 2.53. The number of fused-ring (bicyclic) bond motifs is 1. The number of nitrogens with one attached hydrogen (secondary N) is 1. The van der Waals surface area contributed by atoms with Gasteiger partial charge in [-0.2, -0.15) is 0 Å². The lowest BCUT2D eigenvalue weighted by atomic mass is 10.1. The maximum atomic E-state index is 12.9. The lowest BCUT2D eigenvalue weighted by Crippen LogP contribution is -2.11. The smallest absolute Gasteiger partial charge is 0.184 e. The van der Waals surface area contributed by atoms with E-state index in [2.05, 4.69) is 15.3 Å². The van der Waals surface area contributed by atoms with Gasteiger partial charge in [0.15, 0.2) is 11.4 Å². The summed E-state index contributed by atoms with van der Waals surface area (Å²) in [7, 11) is 1.73. The number of halogens is 3. The summed E-state index contributed by atoms with van der Waals surface area (Å²) in [6.45, 7) is -0.334. The Balaban J connectivity index is 2.12. The van der Waals surface area contributed by atoms with Crippen LogP contribution in [-0.4, -0.2) is 32.3 Å². The van der Waals surface area contributed by atoms with Crippen molar-refractivity contribution in [3.63, 3.8) is 0 Å². The van der Waals surface area contributed by atoms with Crippen molar-refractivity contribution < 1.29 is 9.90 Å². The predicted molar refractivity (Wildman–Crippen MR) is 98.0 cm³/mol. The zero-order valence-electron chi connectivity index (χ0n) is 13.1. The zero-order valence-corrected chi connectivity index (χ0v) is 15.3. The number of anilines is 1. The molecule has 6 nitrogen and oxygen atoms in total. The summed E-state index contributed by atoms with van der Waals surface area (Å²) in [6.07, 6.45) is 2.85. The van der Waals surface area contributed by atoms with Crippen LogP contribution in [-0.2, 0) is 13.0 Å². The van der Waals surface area contributed by atoms with Gasteiger partial charge in [0.05, 0.1) is 28.0 Å². The fraction of sp³-hybridized carbons (Fsp3) is 0.188. The van der Waals surface area contributed by atoms with Gasteiger partial charge >= 0.3 is 0 Å². The molecule has 0 atom stereocenters. The van der Waals surface area contributed by atoms with Crippen LogP contribution in [0.15, 0.2) is 24.5 Å². The normalized spacial score (nSPS) is 11.1. The van der Waals surface area contributed by atoms with Crippen molar-refractivity contribution in [2.24, 2.45) is 0 Å². The average molecular weight is 400 g/mol. The van der Waals surface area contributed by atoms with Crippen molar-refractivity contribution >= 4 is 51.9 Å². The van der Waals surface area contributed by atoms with Crippen LogP contribution in [0.2, 0.25) is 15.2 Å². The number of hydrogen-bond donors (Lipinski definition) is 2. The molecular formula is C16H13Cl3N4O2. The molecule has 0 radical (unpaired) electrons. The van der Waals surface area contributed by atoms with Crippen molar-refractivity contribution in [1.82, 2.24) is 14.4 Å². The van der Waals surface area contributed by atoms with E-state index in [1.807, 2.05) is 0 Å². The summed E-state index contributed by atoms with van der Waals surface area (Å²) in [6, 6.07) is 3.36. The van der Waals surface area contributed by atoms with Crippen molar-refractivity contribution in [2.45, 2.75) is 13.0 Å². The molecule has 3 aromatic rings. The number of carbonyl (C=O) groups is 1. The monoisotopic (exact) mass is 398 g/mol. The summed E-state index contributed by atoms with van der Waals surface area (Å²) in [5, 5.41) is 13.2. The van der Waals surface area contributed by atoms with E-state index in [0.29, 0.717) is 38.3 Å². The molecule has 0 aliphatic rings. The van der Waals surface area contributed by atoms with Crippen molar-refractivity contribution in [3.8, 4) is 0 Å². The van der Waals surface area contributed by atoms with Gasteiger partial charge in [-0.25, -0.2) is 4.98 Å². The van der Waals surface area contributed by atoms with Crippen LogP contribution in [0.3, 0.4) is 0 Å². The summed E-state index contributed by atoms with van der Waals surface area (Å²) >= 11 is 18.5. The highest BCUT2D eigenvalue weighted by Gasteiger charge is 2.21. The van der Waals surface area contributed by atoms with Gasteiger partial charge in [0.1, 0.15) is 10.8 Å². The predicted octanol–water partition coefficient (Wildman–Crippen LogP) is 3.65. The Bertz CT molecular complexity index is 951. The molecule has 0 aliphatic heterocycles. The van der Waals surface area contributed by atoms with Crippen LogP contribution < -0.4 is 5.32 Å². The first-order valence-electron chi connectivity index (χ1n) is 7.27. The summed E-state index contributed by atoms with van der Waals surface area (Å²) in [5.74, 6) is -0.244. The van der Waals surface area contributed by atoms with Crippen LogP contribution >= 0.6 is 34.8 Å². The number of pyridine rings is 2.